The molecule has 2 heterocycles. The molecule has 1 aliphatic rings. The van der Waals surface area contributed by atoms with Gasteiger partial charge in [-0.25, -0.2) is 9.07 Å². The first-order chi connectivity index (χ1) is 15.0. The van der Waals surface area contributed by atoms with Gasteiger partial charge in [0.05, 0.1) is 5.69 Å². The van der Waals surface area contributed by atoms with Gasteiger partial charge in [0.25, 0.3) is 5.56 Å². The quantitative estimate of drug-likeness (QED) is 0.552. The first-order valence-electron chi connectivity index (χ1n) is 11.1. The van der Waals surface area contributed by atoms with Crippen LogP contribution in [0.2, 0.25) is 0 Å². The van der Waals surface area contributed by atoms with E-state index in [0.717, 1.165) is 55.7 Å². The maximum Gasteiger partial charge on any atom is 0.264 e. The van der Waals surface area contributed by atoms with E-state index in [9.17, 15) is 9.18 Å². The third kappa shape index (κ3) is 5.01. The molecule has 0 aliphatic carbocycles. The van der Waals surface area contributed by atoms with E-state index in [2.05, 4.69) is 4.90 Å². The van der Waals surface area contributed by atoms with Crippen LogP contribution in [0, 0.1) is 11.7 Å². The molecule has 0 unspecified atom stereocenters. The monoisotopic (exact) mass is 417 g/mol. The number of piperidine rings is 1. The maximum atomic E-state index is 13.3. The Morgan fingerprint density at radius 1 is 1.06 bits per heavy atom. The lowest BCUT2D eigenvalue weighted by Gasteiger charge is -2.32. The van der Waals surface area contributed by atoms with Crippen LogP contribution < -0.4 is 11.0 Å². The second-order valence-corrected chi connectivity index (χ2v) is 8.58. The van der Waals surface area contributed by atoms with E-state index in [-0.39, 0.29) is 11.4 Å². The van der Waals surface area contributed by atoms with Gasteiger partial charge in [0.15, 0.2) is 0 Å². The summed E-state index contributed by atoms with van der Waals surface area (Å²) in [6, 6.07) is 16.5. The average molecular weight is 417 g/mol. The molecule has 1 fully saturated rings. The summed E-state index contributed by atoms with van der Waals surface area (Å²) in [5, 5.41) is 0. The molecule has 0 N–H and O–H groups in total. The van der Waals surface area contributed by atoms with E-state index in [0.29, 0.717) is 17.9 Å². The predicted molar refractivity (Wildman–Crippen MR) is 124 cm³/mol. The molecular weight excluding hydrogens is 388 g/mol. The van der Waals surface area contributed by atoms with Crippen LogP contribution >= 0.6 is 0 Å². The van der Waals surface area contributed by atoms with Crippen LogP contribution in [0.15, 0.2) is 59.4 Å². The van der Waals surface area contributed by atoms with Crippen molar-refractivity contribution in [3.63, 3.8) is 0 Å². The molecule has 0 spiro atoms. The summed E-state index contributed by atoms with van der Waals surface area (Å²) in [4.78, 5) is 15.1. The first kappa shape index (κ1) is 21.6. The minimum absolute atomic E-state index is 0.152. The summed E-state index contributed by atoms with van der Waals surface area (Å²) in [7, 11) is 8.11. The van der Waals surface area contributed by atoms with Crippen LogP contribution in [0.25, 0.3) is 5.69 Å². The topological polar surface area (TPSA) is 30.2 Å². The maximum absolute atomic E-state index is 13.3. The molecule has 0 amide bonds. The highest BCUT2D eigenvalue weighted by molar-refractivity contribution is 6.32. The summed E-state index contributed by atoms with van der Waals surface area (Å²) in [6.45, 7) is 2.71. The zero-order valence-corrected chi connectivity index (χ0v) is 18.1. The van der Waals surface area contributed by atoms with Crippen LogP contribution in [0.1, 0.15) is 36.9 Å². The largest absolute Gasteiger partial charge is 0.298 e. The summed E-state index contributed by atoms with van der Waals surface area (Å²) in [5.41, 5.74) is 2.96. The van der Waals surface area contributed by atoms with Crippen LogP contribution in [-0.2, 0) is 20.0 Å². The van der Waals surface area contributed by atoms with Gasteiger partial charge in [-0.15, -0.1) is 0 Å². The van der Waals surface area contributed by atoms with Gasteiger partial charge in [-0.05, 0) is 80.0 Å². The Balaban J connectivity index is 1.32. The summed E-state index contributed by atoms with van der Waals surface area (Å²) in [6.07, 6.45) is 5.50. The number of hydrogen-bond donors (Lipinski definition) is 0. The highest BCUT2D eigenvalue weighted by atomic mass is 19.1. The highest BCUT2D eigenvalue weighted by Gasteiger charge is 2.22. The Bertz CT molecular complexity index is 1070. The summed E-state index contributed by atoms with van der Waals surface area (Å²) < 4.78 is 16.8. The predicted octanol–water partition coefficient (Wildman–Crippen LogP) is 3.34. The van der Waals surface area contributed by atoms with Gasteiger partial charge < -0.3 is 0 Å². The Morgan fingerprint density at radius 3 is 2.52 bits per heavy atom. The minimum Gasteiger partial charge on any atom is -0.298 e. The first-order valence-corrected chi connectivity index (χ1v) is 11.1. The van der Waals surface area contributed by atoms with Crippen molar-refractivity contribution in [3.05, 3.63) is 82.0 Å². The fourth-order valence-corrected chi connectivity index (χ4v) is 4.65. The number of para-hydroxylation sites is 1. The van der Waals surface area contributed by atoms with Crippen LogP contribution in [0.5, 0.6) is 0 Å². The molecule has 0 bridgehead atoms. The molecule has 160 valence electrons. The van der Waals surface area contributed by atoms with Crippen LogP contribution in [-0.4, -0.2) is 35.2 Å². The Hall–Kier alpha value is -2.60. The standard InChI is InChI=1S/C25H29BFN3O/c1-28-23(24(26)25(31)30(28)22-11-3-2-4-12-22)18-29-15-13-19(14-16-29)7-5-8-20-9-6-10-21(27)17-20/h2-4,6,9-12,17,19H,5,7-8,13-16,18H2,1H3. The number of halogens is 1. The zero-order chi connectivity index (χ0) is 21.8. The lowest BCUT2D eigenvalue weighted by Crippen LogP contribution is -2.36. The Labute approximate surface area is 184 Å². The number of nitrogens with zero attached hydrogens (tertiary/aromatic N) is 3. The van der Waals surface area contributed by atoms with E-state index in [1.165, 1.54) is 12.5 Å². The van der Waals surface area contributed by atoms with E-state index in [1.807, 2.05) is 48.1 Å². The molecule has 1 aromatic heterocycles. The summed E-state index contributed by atoms with van der Waals surface area (Å²) in [5.74, 6) is 0.556. The normalized spacial score (nSPS) is 15.4. The Morgan fingerprint density at radius 2 is 1.81 bits per heavy atom. The minimum atomic E-state index is -0.157. The van der Waals surface area contributed by atoms with Crippen molar-refractivity contribution in [3.8, 4) is 5.69 Å². The third-order valence-electron chi connectivity index (χ3n) is 6.47. The number of aromatic nitrogens is 2. The molecule has 0 atom stereocenters. The van der Waals surface area contributed by atoms with Crippen molar-refractivity contribution in [2.24, 2.45) is 13.0 Å². The Kier molecular flexibility index (Phi) is 6.76. The van der Waals surface area contributed by atoms with Crippen molar-refractivity contribution in [2.45, 2.75) is 38.6 Å². The fraction of sp³-hybridized carbons (Fsp3) is 0.400. The smallest absolute Gasteiger partial charge is 0.264 e. The lowest BCUT2D eigenvalue weighted by molar-refractivity contribution is 0.167. The second-order valence-electron chi connectivity index (χ2n) is 8.58. The number of benzene rings is 2. The molecule has 1 aliphatic heterocycles. The van der Waals surface area contributed by atoms with Gasteiger partial charge >= 0.3 is 0 Å². The molecule has 2 radical (unpaired) electrons. The van der Waals surface area contributed by atoms with E-state index in [4.69, 9.17) is 7.85 Å². The third-order valence-corrected chi connectivity index (χ3v) is 6.47. The molecular formula is C25H29BFN3O. The molecule has 4 nitrogen and oxygen atoms in total. The fourth-order valence-electron chi connectivity index (χ4n) is 4.65. The van der Waals surface area contributed by atoms with Crippen molar-refractivity contribution >= 4 is 13.3 Å². The zero-order valence-electron chi connectivity index (χ0n) is 18.1. The van der Waals surface area contributed by atoms with E-state index < -0.39 is 0 Å². The molecule has 31 heavy (non-hydrogen) atoms. The lowest BCUT2D eigenvalue weighted by atomic mass is 9.90. The van der Waals surface area contributed by atoms with Crippen molar-refractivity contribution in [1.29, 1.82) is 0 Å². The van der Waals surface area contributed by atoms with Gasteiger partial charge in [-0.3, -0.25) is 14.4 Å². The van der Waals surface area contributed by atoms with Gasteiger partial charge in [-0.2, -0.15) is 0 Å². The van der Waals surface area contributed by atoms with Crippen LogP contribution in [0.3, 0.4) is 0 Å². The number of aryl methyl sites for hydroxylation is 1. The molecule has 4 rings (SSSR count). The number of likely N-dealkylation sites (tertiary alicyclic amines) is 1. The molecule has 1 saturated heterocycles. The van der Waals surface area contributed by atoms with Crippen molar-refractivity contribution in [1.82, 2.24) is 14.3 Å². The van der Waals surface area contributed by atoms with Crippen LogP contribution in [0.4, 0.5) is 4.39 Å². The van der Waals surface area contributed by atoms with E-state index >= 15 is 0 Å². The molecule has 2 aromatic carbocycles. The average Bonchev–Trinajstić information content (AvgIpc) is 2.99. The van der Waals surface area contributed by atoms with Gasteiger partial charge in [0, 0.05) is 19.3 Å². The van der Waals surface area contributed by atoms with E-state index in [1.54, 1.807) is 16.8 Å². The molecule has 0 saturated carbocycles. The number of rotatable bonds is 7. The van der Waals surface area contributed by atoms with Crippen molar-refractivity contribution < 1.29 is 4.39 Å². The molecule has 3 aromatic rings. The number of hydrogen-bond acceptors (Lipinski definition) is 2. The van der Waals surface area contributed by atoms with Gasteiger partial charge in [-0.1, -0.05) is 36.8 Å². The molecule has 6 heteroatoms. The SMILES string of the molecule is [B]c1c(CN2CCC(CCCc3cccc(F)c3)CC2)n(C)n(-c2ccccc2)c1=O. The highest BCUT2D eigenvalue weighted by Crippen LogP contribution is 2.24. The van der Waals surface area contributed by atoms with Crippen molar-refractivity contribution in [2.75, 3.05) is 13.1 Å². The second kappa shape index (κ2) is 9.69. The van der Waals surface area contributed by atoms with Gasteiger partial charge in [0.2, 0.25) is 0 Å². The summed E-state index contributed by atoms with van der Waals surface area (Å²) >= 11 is 0. The van der Waals surface area contributed by atoms with Gasteiger partial charge in [0.1, 0.15) is 13.7 Å².